The van der Waals surface area contributed by atoms with Gasteiger partial charge in [0.25, 0.3) is 0 Å². The molecule has 1 saturated heterocycles. The van der Waals surface area contributed by atoms with E-state index >= 15 is 0 Å². The molecule has 0 bridgehead atoms. The number of likely N-dealkylation sites (tertiary alicyclic amines) is 1. The van der Waals surface area contributed by atoms with Crippen LogP contribution in [0.2, 0.25) is 0 Å². The van der Waals surface area contributed by atoms with Gasteiger partial charge in [0.05, 0.1) is 0 Å². The van der Waals surface area contributed by atoms with Crippen molar-refractivity contribution in [3.8, 4) is 0 Å². The first kappa shape index (κ1) is 15.5. The second-order valence-electron chi connectivity index (χ2n) is 6.33. The van der Waals surface area contributed by atoms with Gasteiger partial charge in [0.15, 0.2) is 0 Å². The van der Waals surface area contributed by atoms with Crippen LogP contribution in [0.5, 0.6) is 0 Å². The highest BCUT2D eigenvalue weighted by molar-refractivity contribution is 5.13. The highest BCUT2D eigenvalue weighted by Gasteiger charge is 2.30. The normalized spacial score (nSPS) is 27.4. The first-order valence-corrected chi connectivity index (χ1v) is 7.67. The van der Waals surface area contributed by atoms with Crippen molar-refractivity contribution in [2.75, 3.05) is 26.2 Å². The predicted octanol–water partition coefficient (Wildman–Crippen LogP) is 2.12. The monoisotopic (exact) mass is 280 g/mol. The fourth-order valence-electron chi connectivity index (χ4n) is 2.96. The van der Waals surface area contributed by atoms with Crippen molar-refractivity contribution in [3.05, 3.63) is 23.7 Å². The minimum atomic E-state index is -0.949. The molecule has 1 fully saturated rings. The van der Waals surface area contributed by atoms with Crippen LogP contribution in [0, 0.1) is 12.8 Å². The average molecular weight is 280 g/mol. The van der Waals surface area contributed by atoms with E-state index in [-0.39, 0.29) is 0 Å². The third-order valence-electron chi connectivity index (χ3n) is 4.42. The molecule has 4 nitrogen and oxygen atoms in total. The number of nitrogens with zero attached hydrogens (tertiary/aromatic N) is 1. The first-order valence-electron chi connectivity index (χ1n) is 7.67. The fourth-order valence-corrected chi connectivity index (χ4v) is 2.96. The van der Waals surface area contributed by atoms with Crippen LogP contribution in [0.25, 0.3) is 0 Å². The lowest BCUT2D eigenvalue weighted by molar-refractivity contribution is 0.0247. The maximum atomic E-state index is 10.5. The van der Waals surface area contributed by atoms with E-state index in [4.69, 9.17) is 4.42 Å². The van der Waals surface area contributed by atoms with Crippen molar-refractivity contribution >= 4 is 0 Å². The summed E-state index contributed by atoms with van der Waals surface area (Å²) in [6.07, 6.45) is 1.14. The minimum absolute atomic E-state index is 0.473. The van der Waals surface area contributed by atoms with Gasteiger partial charge >= 0.3 is 0 Å². The third kappa shape index (κ3) is 3.62. The lowest BCUT2D eigenvalue weighted by Crippen LogP contribution is -2.51. The Bertz CT molecular complexity index is 428. The van der Waals surface area contributed by atoms with Gasteiger partial charge in [-0.25, -0.2) is 0 Å². The molecule has 0 amide bonds. The van der Waals surface area contributed by atoms with Gasteiger partial charge in [-0.1, -0.05) is 13.8 Å². The van der Waals surface area contributed by atoms with Crippen LogP contribution >= 0.6 is 0 Å². The Kier molecular flexibility index (Phi) is 4.89. The van der Waals surface area contributed by atoms with Crippen LogP contribution in [0.3, 0.4) is 0 Å². The molecule has 114 valence electrons. The second kappa shape index (κ2) is 6.29. The Balaban J connectivity index is 1.88. The molecule has 2 N–H and O–H groups in total. The smallest absolute Gasteiger partial charge is 0.136 e. The summed E-state index contributed by atoms with van der Waals surface area (Å²) in [6.45, 7) is 12.1. The zero-order chi connectivity index (χ0) is 14.8. The highest BCUT2D eigenvalue weighted by atomic mass is 16.4. The Hall–Kier alpha value is -0.840. The summed E-state index contributed by atoms with van der Waals surface area (Å²) in [5.41, 5.74) is -0.949. The summed E-state index contributed by atoms with van der Waals surface area (Å²) in [6, 6.07) is 4.23. The van der Waals surface area contributed by atoms with E-state index in [0.717, 1.165) is 31.8 Å². The van der Waals surface area contributed by atoms with Crippen molar-refractivity contribution < 1.29 is 9.52 Å². The Morgan fingerprint density at radius 3 is 2.80 bits per heavy atom. The van der Waals surface area contributed by atoms with E-state index in [0.29, 0.717) is 24.3 Å². The van der Waals surface area contributed by atoms with E-state index in [1.807, 2.05) is 26.0 Å². The van der Waals surface area contributed by atoms with Crippen LogP contribution < -0.4 is 5.32 Å². The summed E-state index contributed by atoms with van der Waals surface area (Å²) in [5, 5.41) is 14.1. The minimum Gasteiger partial charge on any atom is -0.463 e. The molecular weight excluding hydrogens is 252 g/mol. The van der Waals surface area contributed by atoms with E-state index < -0.39 is 5.60 Å². The summed E-state index contributed by atoms with van der Waals surface area (Å²) in [5.74, 6) is 2.09. The highest BCUT2D eigenvalue weighted by Crippen LogP contribution is 2.23. The van der Waals surface area contributed by atoms with Crippen molar-refractivity contribution in [1.29, 1.82) is 0 Å². The van der Waals surface area contributed by atoms with Crippen LogP contribution in [0.1, 0.15) is 38.7 Å². The zero-order valence-electron chi connectivity index (χ0n) is 13.1. The van der Waals surface area contributed by atoms with Gasteiger partial charge in [-0.3, -0.25) is 0 Å². The molecule has 4 heteroatoms. The Labute approximate surface area is 122 Å². The number of piperidine rings is 1. The summed E-state index contributed by atoms with van der Waals surface area (Å²) < 4.78 is 5.55. The standard InChI is InChI=1S/C16H28N2O2/c1-5-18-9-8-14(12(2)10-18)17-11-16(4,19)15-7-6-13(3)20-15/h6-7,12,14,17,19H,5,8-11H2,1-4H3. The zero-order valence-corrected chi connectivity index (χ0v) is 13.1. The second-order valence-corrected chi connectivity index (χ2v) is 6.33. The molecule has 0 spiro atoms. The number of furan rings is 1. The number of aliphatic hydroxyl groups is 1. The quantitative estimate of drug-likeness (QED) is 0.867. The van der Waals surface area contributed by atoms with E-state index in [1.165, 1.54) is 0 Å². The van der Waals surface area contributed by atoms with Crippen molar-refractivity contribution in [1.82, 2.24) is 10.2 Å². The molecule has 0 saturated carbocycles. The van der Waals surface area contributed by atoms with Crippen LogP contribution in [-0.2, 0) is 5.60 Å². The molecule has 0 radical (unpaired) electrons. The Morgan fingerprint density at radius 1 is 1.50 bits per heavy atom. The SMILES string of the molecule is CCN1CCC(NCC(C)(O)c2ccc(C)o2)C(C)C1. The summed E-state index contributed by atoms with van der Waals surface area (Å²) >= 11 is 0. The number of hydrogen-bond donors (Lipinski definition) is 2. The van der Waals surface area contributed by atoms with Crippen molar-refractivity contribution in [3.63, 3.8) is 0 Å². The lowest BCUT2D eigenvalue weighted by atomic mass is 9.92. The Morgan fingerprint density at radius 2 is 2.25 bits per heavy atom. The van der Waals surface area contributed by atoms with E-state index in [1.54, 1.807) is 0 Å². The fraction of sp³-hybridized carbons (Fsp3) is 0.750. The predicted molar refractivity (Wildman–Crippen MR) is 80.7 cm³/mol. The molecule has 1 aliphatic heterocycles. The van der Waals surface area contributed by atoms with Crippen LogP contribution in [0.15, 0.2) is 16.5 Å². The van der Waals surface area contributed by atoms with Gasteiger partial charge < -0.3 is 19.7 Å². The van der Waals surface area contributed by atoms with Gasteiger partial charge in [-0.15, -0.1) is 0 Å². The molecule has 1 aromatic rings. The van der Waals surface area contributed by atoms with Gasteiger partial charge in [0.2, 0.25) is 0 Å². The average Bonchev–Trinajstić information content (AvgIpc) is 2.85. The number of aryl methyl sites for hydroxylation is 1. The molecule has 1 aliphatic rings. The number of hydrogen-bond acceptors (Lipinski definition) is 4. The van der Waals surface area contributed by atoms with Gasteiger partial charge in [-0.2, -0.15) is 0 Å². The van der Waals surface area contributed by atoms with Gasteiger partial charge in [0, 0.05) is 19.1 Å². The lowest BCUT2D eigenvalue weighted by Gasteiger charge is -2.38. The molecular formula is C16H28N2O2. The molecule has 1 aromatic heterocycles. The molecule has 0 aliphatic carbocycles. The van der Waals surface area contributed by atoms with Crippen molar-refractivity contribution in [2.24, 2.45) is 5.92 Å². The number of nitrogens with one attached hydrogen (secondary N) is 1. The molecule has 3 unspecified atom stereocenters. The number of rotatable bonds is 5. The topological polar surface area (TPSA) is 48.6 Å². The third-order valence-corrected chi connectivity index (χ3v) is 4.42. The van der Waals surface area contributed by atoms with E-state index in [9.17, 15) is 5.11 Å². The van der Waals surface area contributed by atoms with Crippen LogP contribution in [0.4, 0.5) is 0 Å². The van der Waals surface area contributed by atoms with Gasteiger partial charge in [-0.05, 0) is 51.4 Å². The molecule has 0 aromatic carbocycles. The van der Waals surface area contributed by atoms with Crippen molar-refractivity contribution in [2.45, 2.75) is 45.8 Å². The van der Waals surface area contributed by atoms with Gasteiger partial charge in [0.1, 0.15) is 17.1 Å². The maximum absolute atomic E-state index is 10.5. The summed E-state index contributed by atoms with van der Waals surface area (Å²) in [7, 11) is 0. The molecule has 2 heterocycles. The largest absolute Gasteiger partial charge is 0.463 e. The molecule has 20 heavy (non-hydrogen) atoms. The maximum Gasteiger partial charge on any atom is 0.136 e. The first-order chi connectivity index (χ1) is 9.42. The molecule has 2 rings (SSSR count). The van der Waals surface area contributed by atoms with E-state index in [2.05, 4.69) is 24.1 Å². The molecule has 3 atom stereocenters. The summed E-state index contributed by atoms with van der Waals surface area (Å²) in [4.78, 5) is 2.48. The van der Waals surface area contributed by atoms with Crippen LogP contribution in [-0.4, -0.2) is 42.2 Å².